The van der Waals surface area contributed by atoms with Crippen LogP contribution in [0.25, 0.3) is 0 Å². The van der Waals surface area contributed by atoms with Crippen LogP contribution in [-0.4, -0.2) is 27.7 Å². The van der Waals surface area contributed by atoms with Crippen molar-refractivity contribution < 1.29 is 0 Å². The van der Waals surface area contributed by atoms with E-state index in [1.54, 1.807) is 11.8 Å². The largest absolute Gasteiger partial charge is 0.313 e. The molecule has 0 spiro atoms. The standard InChI is InChI=1S/C8H13N3S2/c1-6-10-8(13-11-6)12-5-4-9-7-2-3-7/h7,9H,2-5H2,1H3. The summed E-state index contributed by atoms with van der Waals surface area (Å²) in [7, 11) is 0. The van der Waals surface area contributed by atoms with E-state index in [0.29, 0.717) is 0 Å². The molecule has 0 atom stereocenters. The van der Waals surface area contributed by atoms with Gasteiger partial charge in [-0.3, -0.25) is 0 Å². The Morgan fingerprint density at radius 1 is 1.62 bits per heavy atom. The van der Waals surface area contributed by atoms with E-state index in [4.69, 9.17) is 0 Å². The SMILES string of the molecule is Cc1nsc(SCCNC2CC2)n1. The number of nitrogens with zero attached hydrogens (tertiary/aromatic N) is 2. The number of nitrogens with one attached hydrogen (secondary N) is 1. The highest BCUT2D eigenvalue weighted by atomic mass is 32.2. The van der Waals surface area contributed by atoms with Gasteiger partial charge >= 0.3 is 0 Å². The predicted octanol–water partition coefficient (Wildman–Crippen LogP) is 1.69. The second kappa shape index (κ2) is 4.39. The molecular formula is C8H13N3S2. The summed E-state index contributed by atoms with van der Waals surface area (Å²) in [6.45, 7) is 3.02. The van der Waals surface area contributed by atoms with E-state index in [2.05, 4.69) is 14.7 Å². The first-order valence-electron chi connectivity index (χ1n) is 4.51. The van der Waals surface area contributed by atoms with Crippen molar-refractivity contribution in [2.24, 2.45) is 0 Å². The van der Waals surface area contributed by atoms with E-state index in [1.807, 2.05) is 6.92 Å². The summed E-state index contributed by atoms with van der Waals surface area (Å²) < 4.78 is 5.22. The van der Waals surface area contributed by atoms with Gasteiger partial charge in [0, 0.05) is 18.3 Å². The van der Waals surface area contributed by atoms with E-state index in [9.17, 15) is 0 Å². The number of hydrogen-bond acceptors (Lipinski definition) is 5. The molecule has 72 valence electrons. The van der Waals surface area contributed by atoms with Gasteiger partial charge in [0.2, 0.25) is 0 Å². The molecule has 0 saturated heterocycles. The molecule has 1 heterocycles. The second-order valence-corrected chi connectivity index (χ2v) is 5.28. The Morgan fingerprint density at radius 2 is 2.46 bits per heavy atom. The molecule has 2 rings (SSSR count). The fraction of sp³-hybridized carbons (Fsp3) is 0.750. The quantitative estimate of drug-likeness (QED) is 0.599. The molecule has 1 aromatic heterocycles. The molecule has 1 N–H and O–H groups in total. The molecule has 1 aliphatic carbocycles. The monoisotopic (exact) mass is 215 g/mol. The molecule has 0 radical (unpaired) electrons. The molecule has 1 fully saturated rings. The maximum absolute atomic E-state index is 4.29. The van der Waals surface area contributed by atoms with E-state index in [1.165, 1.54) is 24.4 Å². The molecule has 0 bridgehead atoms. The van der Waals surface area contributed by atoms with Gasteiger partial charge in [0.1, 0.15) is 5.82 Å². The Bertz CT molecular complexity index is 270. The summed E-state index contributed by atoms with van der Waals surface area (Å²) in [6.07, 6.45) is 2.73. The maximum Gasteiger partial charge on any atom is 0.170 e. The van der Waals surface area contributed by atoms with Crippen LogP contribution in [0.15, 0.2) is 4.34 Å². The number of aromatic nitrogens is 2. The molecule has 0 unspecified atom stereocenters. The lowest BCUT2D eigenvalue weighted by Gasteiger charge is -1.98. The highest BCUT2D eigenvalue weighted by molar-refractivity contribution is 8.00. The Hall–Kier alpha value is -0.130. The normalized spacial score (nSPS) is 16.4. The van der Waals surface area contributed by atoms with Crippen molar-refractivity contribution in [3.63, 3.8) is 0 Å². The van der Waals surface area contributed by atoms with E-state index < -0.39 is 0 Å². The van der Waals surface area contributed by atoms with Gasteiger partial charge in [0.25, 0.3) is 0 Å². The van der Waals surface area contributed by atoms with Gasteiger partial charge in [-0.15, -0.1) is 0 Å². The minimum atomic E-state index is 0.816. The molecule has 0 aliphatic heterocycles. The summed E-state index contributed by atoms with van der Waals surface area (Å²) in [5.74, 6) is 1.99. The van der Waals surface area contributed by atoms with Crippen molar-refractivity contribution >= 4 is 23.3 Å². The van der Waals surface area contributed by atoms with Crippen molar-refractivity contribution in [2.75, 3.05) is 12.3 Å². The zero-order valence-corrected chi connectivity index (χ0v) is 9.25. The summed E-state index contributed by atoms with van der Waals surface area (Å²) in [4.78, 5) is 4.29. The van der Waals surface area contributed by atoms with E-state index in [0.717, 1.165) is 28.5 Å². The fourth-order valence-electron chi connectivity index (χ4n) is 1.03. The van der Waals surface area contributed by atoms with Gasteiger partial charge in [-0.05, 0) is 31.3 Å². The van der Waals surface area contributed by atoms with Crippen LogP contribution in [0.5, 0.6) is 0 Å². The van der Waals surface area contributed by atoms with Crippen molar-refractivity contribution in [1.82, 2.24) is 14.7 Å². The number of rotatable bonds is 5. The molecule has 1 aromatic rings. The Balaban J connectivity index is 1.61. The first-order valence-corrected chi connectivity index (χ1v) is 6.27. The average Bonchev–Trinajstić information content (AvgIpc) is 2.84. The summed E-state index contributed by atoms with van der Waals surface area (Å²) in [5.41, 5.74) is 0. The summed E-state index contributed by atoms with van der Waals surface area (Å²) in [5, 5.41) is 3.47. The van der Waals surface area contributed by atoms with Crippen molar-refractivity contribution in [3.8, 4) is 0 Å². The van der Waals surface area contributed by atoms with Crippen molar-refractivity contribution in [1.29, 1.82) is 0 Å². The van der Waals surface area contributed by atoms with Gasteiger partial charge in [0.05, 0.1) is 0 Å². The minimum absolute atomic E-state index is 0.816. The maximum atomic E-state index is 4.29. The van der Waals surface area contributed by atoms with Crippen LogP contribution < -0.4 is 5.32 Å². The zero-order chi connectivity index (χ0) is 9.10. The van der Waals surface area contributed by atoms with Crippen LogP contribution in [0.3, 0.4) is 0 Å². The van der Waals surface area contributed by atoms with Gasteiger partial charge in [-0.2, -0.15) is 4.37 Å². The summed E-state index contributed by atoms with van der Waals surface area (Å²) >= 11 is 3.29. The Morgan fingerprint density at radius 3 is 3.08 bits per heavy atom. The lowest BCUT2D eigenvalue weighted by atomic mass is 10.6. The Labute approximate surface area is 86.5 Å². The molecule has 3 nitrogen and oxygen atoms in total. The van der Waals surface area contributed by atoms with Crippen LogP contribution in [0.2, 0.25) is 0 Å². The predicted molar refractivity (Wildman–Crippen MR) is 56.4 cm³/mol. The van der Waals surface area contributed by atoms with Crippen LogP contribution in [0.4, 0.5) is 0 Å². The van der Waals surface area contributed by atoms with Crippen LogP contribution in [0.1, 0.15) is 18.7 Å². The third-order valence-electron chi connectivity index (χ3n) is 1.85. The van der Waals surface area contributed by atoms with Crippen LogP contribution in [0, 0.1) is 6.92 Å². The average molecular weight is 215 g/mol. The van der Waals surface area contributed by atoms with Crippen molar-refractivity contribution in [2.45, 2.75) is 30.1 Å². The minimum Gasteiger partial charge on any atom is -0.313 e. The molecule has 0 aromatic carbocycles. The zero-order valence-electron chi connectivity index (χ0n) is 7.62. The van der Waals surface area contributed by atoms with Gasteiger partial charge in [-0.1, -0.05) is 11.8 Å². The third-order valence-corrected chi connectivity index (χ3v) is 3.77. The van der Waals surface area contributed by atoms with Crippen molar-refractivity contribution in [3.05, 3.63) is 5.82 Å². The third kappa shape index (κ3) is 3.25. The molecule has 13 heavy (non-hydrogen) atoms. The first-order chi connectivity index (χ1) is 6.34. The lowest BCUT2D eigenvalue weighted by molar-refractivity contribution is 0.726. The van der Waals surface area contributed by atoms with E-state index >= 15 is 0 Å². The van der Waals surface area contributed by atoms with Gasteiger partial charge in [0.15, 0.2) is 4.34 Å². The van der Waals surface area contributed by atoms with Crippen LogP contribution in [-0.2, 0) is 0 Å². The van der Waals surface area contributed by atoms with E-state index in [-0.39, 0.29) is 0 Å². The van der Waals surface area contributed by atoms with Gasteiger partial charge in [-0.25, -0.2) is 4.98 Å². The molecule has 1 aliphatic rings. The molecule has 5 heteroatoms. The number of hydrogen-bond donors (Lipinski definition) is 1. The first kappa shape index (κ1) is 9.43. The molecule has 0 amide bonds. The number of aryl methyl sites for hydroxylation is 1. The molecule has 1 saturated carbocycles. The summed E-state index contributed by atoms with van der Waals surface area (Å²) in [6, 6.07) is 0.816. The second-order valence-electron chi connectivity index (χ2n) is 3.18. The fourth-order valence-corrected chi connectivity index (χ4v) is 2.61. The lowest BCUT2D eigenvalue weighted by Crippen LogP contribution is -2.18. The molecular weight excluding hydrogens is 202 g/mol. The van der Waals surface area contributed by atoms with Crippen LogP contribution >= 0.6 is 23.3 Å². The topological polar surface area (TPSA) is 37.8 Å². The highest BCUT2D eigenvalue weighted by Gasteiger charge is 2.19. The van der Waals surface area contributed by atoms with Gasteiger partial charge < -0.3 is 5.32 Å². The smallest absolute Gasteiger partial charge is 0.170 e. The Kier molecular flexibility index (Phi) is 3.18. The number of thioether (sulfide) groups is 1. The highest BCUT2D eigenvalue weighted by Crippen LogP contribution is 2.21.